The highest BCUT2D eigenvalue weighted by molar-refractivity contribution is 7.96. The van der Waals surface area contributed by atoms with Gasteiger partial charge < -0.3 is 9.64 Å². The van der Waals surface area contributed by atoms with Crippen LogP contribution < -0.4 is 9.64 Å². The van der Waals surface area contributed by atoms with Crippen molar-refractivity contribution in [2.24, 2.45) is 5.92 Å². The lowest BCUT2D eigenvalue weighted by atomic mass is 10.00. The van der Waals surface area contributed by atoms with E-state index in [2.05, 4.69) is 30.8 Å². The highest BCUT2D eigenvalue weighted by atomic mass is 35.5. The van der Waals surface area contributed by atoms with E-state index in [0.717, 1.165) is 50.0 Å². The van der Waals surface area contributed by atoms with Crippen molar-refractivity contribution in [3.8, 4) is 5.75 Å². The third-order valence-electron chi connectivity index (χ3n) is 5.32. The van der Waals surface area contributed by atoms with E-state index < -0.39 is 11.6 Å². The number of aromatic nitrogens is 2. The molecule has 1 saturated heterocycles. The fourth-order valence-electron chi connectivity index (χ4n) is 3.60. The minimum atomic E-state index is -0.652. The van der Waals surface area contributed by atoms with Crippen molar-refractivity contribution in [3.05, 3.63) is 52.8 Å². The number of methoxy groups -OCH3 is 1. The lowest BCUT2D eigenvalue weighted by molar-refractivity contribution is 0.359. The Morgan fingerprint density at radius 2 is 1.84 bits per heavy atom. The fourth-order valence-corrected chi connectivity index (χ4v) is 4.20. The minimum Gasteiger partial charge on any atom is -0.491 e. The van der Waals surface area contributed by atoms with Crippen LogP contribution in [-0.4, -0.2) is 53.8 Å². The van der Waals surface area contributed by atoms with Gasteiger partial charge in [0.05, 0.1) is 24.5 Å². The second-order valence-corrected chi connectivity index (χ2v) is 8.88. The first-order valence-electron chi connectivity index (χ1n) is 10.1. The SMILES string of the molecule is CC1CCN(c2ncc(Cl)cn2)C1.COc1c(F)cc(C2=CCN(SC)CC2)cc1F. The van der Waals surface area contributed by atoms with E-state index in [-0.39, 0.29) is 5.75 Å². The summed E-state index contributed by atoms with van der Waals surface area (Å²) >= 11 is 7.38. The second-order valence-electron chi connectivity index (χ2n) is 7.56. The molecule has 0 bridgehead atoms. The Morgan fingerprint density at radius 3 is 2.32 bits per heavy atom. The average molecular weight is 469 g/mol. The Hall–Kier alpha value is -1.90. The molecule has 0 radical (unpaired) electrons. The number of hydrogen-bond acceptors (Lipinski definition) is 6. The molecule has 9 heteroatoms. The van der Waals surface area contributed by atoms with Crippen LogP contribution in [0.1, 0.15) is 25.3 Å². The molecule has 0 saturated carbocycles. The zero-order chi connectivity index (χ0) is 22.4. The molecule has 2 aromatic rings. The summed E-state index contributed by atoms with van der Waals surface area (Å²) in [5, 5.41) is 0.594. The maximum atomic E-state index is 13.6. The number of nitrogens with zero attached hydrogens (tertiary/aromatic N) is 4. The van der Waals surface area contributed by atoms with Gasteiger partial charge in [0.1, 0.15) is 0 Å². The van der Waals surface area contributed by atoms with Crippen LogP contribution in [0.3, 0.4) is 0 Å². The van der Waals surface area contributed by atoms with Crippen LogP contribution in [0, 0.1) is 17.6 Å². The number of anilines is 1. The number of ether oxygens (including phenoxy) is 1. The Bertz CT molecular complexity index is 890. The molecular weight excluding hydrogens is 442 g/mol. The quantitative estimate of drug-likeness (QED) is 0.566. The number of halogens is 3. The molecule has 2 aliphatic heterocycles. The highest BCUT2D eigenvalue weighted by Crippen LogP contribution is 2.30. The highest BCUT2D eigenvalue weighted by Gasteiger charge is 2.20. The fraction of sp³-hybridized carbons (Fsp3) is 0.455. The molecule has 1 atom stereocenters. The van der Waals surface area contributed by atoms with E-state index in [0.29, 0.717) is 10.6 Å². The van der Waals surface area contributed by atoms with Crippen LogP contribution in [0.4, 0.5) is 14.7 Å². The van der Waals surface area contributed by atoms with Gasteiger partial charge in [-0.15, -0.1) is 0 Å². The molecule has 4 rings (SSSR count). The minimum absolute atomic E-state index is 0.319. The Labute approximate surface area is 191 Å². The topological polar surface area (TPSA) is 41.5 Å². The third kappa shape index (κ3) is 6.30. The van der Waals surface area contributed by atoms with Gasteiger partial charge in [-0.25, -0.2) is 23.1 Å². The molecule has 0 N–H and O–H groups in total. The van der Waals surface area contributed by atoms with E-state index in [1.165, 1.54) is 25.7 Å². The first-order valence-corrected chi connectivity index (χ1v) is 11.7. The van der Waals surface area contributed by atoms with Gasteiger partial charge in [0.15, 0.2) is 17.4 Å². The lowest BCUT2D eigenvalue weighted by Crippen LogP contribution is -2.21. The molecule has 1 unspecified atom stereocenters. The summed E-state index contributed by atoms with van der Waals surface area (Å²) in [4.78, 5) is 10.6. The van der Waals surface area contributed by atoms with Crippen LogP contribution in [0.2, 0.25) is 5.02 Å². The van der Waals surface area contributed by atoms with Gasteiger partial charge >= 0.3 is 0 Å². The molecule has 168 valence electrons. The Kier molecular flexibility index (Phi) is 8.51. The summed E-state index contributed by atoms with van der Waals surface area (Å²) < 4.78 is 34.1. The normalized spacial score (nSPS) is 19.0. The van der Waals surface area contributed by atoms with E-state index in [1.54, 1.807) is 24.3 Å². The zero-order valence-corrected chi connectivity index (χ0v) is 19.5. The maximum Gasteiger partial charge on any atom is 0.225 e. The molecule has 0 spiro atoms. The summed E-state index contributed by atoms with van der Waals surface area (Å²) in [6, 6.07) is 2.67. The first-order chi connectivity index (χ1) is 14.9. The van der Waals surface area contributed by atoms with Gasteiger partial charge in [0, 0.05) is 26.2 Å². The van der Waals surface area contributed by atoms with Crippen LogP contribution in [0.25, 0.3) is 5.57 Å². The first kappa shape index (κ1) is 23.8. The summed E-state index contributed by atoms with van der Waals surface area (Å²) in [5.41, 5.74) is 1.59. The van der Waals surface area contributed by atoms with Crippen LogP contribution >= 0.6 is 23.5 Å². The third-order valence-corrected chi connectivity index (χ3v) is 6.36. The molecule has 5 nitrogen and oxygen atoms in total. The number of rotatable bonds is 4. The lowest BCUT2D eigenvalue weighted by Gasteiger charge is -2.24. The van der Waals surface area contributed by atoms with Crippen molar-refractivity contribution in [3.63, 3.8) is 0 Å². The molecule has 1 fully saturated rings. The maximum absolute atomic E-state index is 13.6. The molecule has 31 heavy (non-hydrogen) atoms. The molecule has 0 amide bonds. The van der Waals surface area contributed by atoms with Gasteiger partial charge in [-0.05, 0) is 48.3 Å². The monoisotopic (exact) mass is 468 g/mol. The van der Waals surface area contributed by atoms with Crippen molar-refractivity contribution < 1.29 is 13.5 Å². The van der Waals surface area contributed by atoms with Gasteiger partial charge in [-0.1, -0.05) is 36.5 Å². The van der Waals surface area contributed by atoms with Crippen molar-refractivity contribution in [2.75, 3.05) is 44.4 Å². The zero-order valence-electron chi connectivity index (χ0n) is 17.9. The largest absolute Gasteiger partial charge is 0.491 e. The summed E-state index contributed by atoms with van der Waals surface area (Å²) in [7, 11) is 1.26. The summed E-state index contributed by atoms with van der Waals surface area (Å²) in [6.45, 7) is 6.05. The van der Waals surface area contributed by atoms with Crippen LogP contribution in [0.5, 0.6) is 5.75 Å². The van der Waals surface area contributed by atoms with Crippen molar-refractivity contribution in [1.82, 2.24) is 14.3 Å². The number of hydrogen-bond donors (Lipinski definition) is 0. The van der Waals surface area contributed by atoms with Gasteiger partial charge in [0.2, 0.25) is 5.95 Å². The number of benzene rings is 1. The average Bonchev–Trinajstić information content (AvgIpc) is 3.21. The standard InChI is InChI=1S/C13H15F2NOS.C9H12ClN3/c1-17-13-11(14)7-10(8-12(13)15)9-3-5-16(18-2)6-4-9;1-7-2-3-13(6-7)9-11-4-8(10)5-12-9/h3,7-8H,4-6H2,1-2H3;4-5,7H,2-3,6H2,1H3. The van der Waals surface area contributed by atoms with E-state index >= 15 is 0 Å². The molecule has 0 aliphatic carbocycles. The van der Waals surface area contributed by atoms with Crippen LogP contribution in [0.15, 0.2) is 30.6 Å². The second kappa shape index (κ2) is 11.1. The van der Waals surface area contributed by atoms with Crippen molar-refractivity contribution in [1.29, 1.82) is 0 Å². The summed E-state index contributed by atoms with van der Waals surface area (Å²) in [6.07, 6.45) is 9.35. The van der Waals surface area contributed by atoms with Gasteiger partial charge in [-0.2, -0.15) is 0 Å². The predicted molar refractivity (Wildman–Crippen MR) is 124 cm³/mol. The Balaban J connectivity index is 0.000000185. The molecular formula is C22H27ClF2N4OS. The van der Waals surface area contributed by atoms with Crippen LogP contribution in [-0.2, 0) is 0 Å². The molecule has 2 aliphatic rings. The van der Waals surface area contributed by atoms with E-state index in [9.17, 15) is 8.78 Å². The van der Waals surface area contributed by atoms with Crippen molar-refractivity contribution in [2.45, 2.75) is 19.8 Å². The van der Waals surface area contributed by atoms with Crippen molar-refractivity contribution >= 4 is 35.1 Å². The molecule has 1 aromatic carbocycles. The van der Waals surface area contributed by atoms with Gasteiger partial charge in [0.25, 0.3) is 0 Å². The van der Waals surface area contributed by atoms with E-state index in [4.69, 9.17) is 11.6 Å². The smallest absolute Gasteiger partial charge is 0.225 e. The molecule has 3 heterocycles. The summed E-state index contributed by atoms with van der Waals surface area (Å²) in [5.74, 6) is -0.0738. The van der Waals surface area contributed by atoms with Gasteiger partial charge in [-0.3, -0.25) is 0 Å². The predicted octanol–water partition coefficient (Wildman–Crippen LogP) is 5.32. The molecule has 1 aromatic heterocycles. The Morgan fingerprint density at radius 1 is 1.16 bits per heavy atom. The van der Waals surface area contributed by atoms with E-state index in [1.807, 2.05) is 12.3 Å².